The highest BCUT2D eigenvalue weighted by Gasteiger charge is 2.62. The number of fused-ring (bicyclic) bond motifs is 1. The van der Waals surface area contributed by atoms with Crippen molar-refractivity contribution in [1.82, 2.24) is 0 Å². The molecule has 0 bridgehead atoms. The molecule has 0 unspecified atom stereocenters. The van der Waals surface area contributed by atoms with E-state index >= 15 is 0 Å². The Morgan fingerprint density at radius 1 is 1.20 bits per heavy atom. The molecule has 0 saturated carbocycles. The van der Waals surface area contributed by atoms with Crippen LogP contribution in [0, 0.1) is 3.57 Å². The Labute approximate surface area is 194 Å². The van der Waals surface area contributed by atoms with E-state index in [1.165, 1.54) is 6.07 Å². The largest absolute Gasteiger partial charge is 0.492 e. The summed E-state index contributed by atoms with van der Waals surface area (Å²) in [4.78, 5) is 5.08. The van der Waals surface area contributed by atoms with E-state index in [4.69, 9.17) is 32.7 Å². The van der Waals surface area contributed by atoms with E-state index in [-0.39, 0.29) is 21.3 Å². The van der Waals surface area contributed by atoms with Crippen LogP contribution in [-0.4, -0.2) is 24.0 Å². The van der Waals surface area contributed by atoms with Gasteiger partial charge in [-0.25, -0.2) is 0 Å². The van der Waals surface area contributed by atoms with Crippen LogP contribution < -0.4 is 5.46 Å². The van der Waals surface area contributed by atoms with Gasteiger partial charge in [0, 0.05) is 15.6 Å². The molecule has 2 heterocycles. The van der Waals surface area contributed by atoms with Gasteiger partial charge in [-0.3, -0.25) is 0 Å². The summed E-state index contributed by atoms with van der Waals surface area (Å²) in [6, 6.07) is 7.37. The van der Waals surface area contributed by atoms with Crippen LogP contribution in [0.5, 0.6) is 0 Å². The molecule has 2 aromatic rings. The van der Waals surface area contributed by atoms with E-state index in [9.17, 15) is 18.2 Å². The first-order chi connectivity index (χ1) is 13.9. The molecule has 0 aliphatic carbocycles. The topological polar surface area (TPSA) is 51.0 Å². The lowest BCUT2D eigenvalue weighted by Crippen LogP contribution is -2.42. The van der Waals surface area contributed by atoms with Gasteiger partial charge >= 0.3 is 13.3 Å². The number of benzene rings is 2. The Balaban J connectivity index is 1.76. The zero-order chi connectivity index (χ0) is 22.1. The van der Waals surface area contributed by atoms with Crippen molar-refractivity contribution < 1.29 is 27.7 Å². The molecule has 2 aliphatic heterocycles. The average Bonchev–Trinajstić information content (AvgIpc) is 3.20. The molecule has 1 atom stereocenters. The van der Waals surface area contributed by atoms with Gasteiger partial charge in [0.1, 0.15) is 0 Å². The molecule has 0 saturated heterocycles. The fraction of sp³-hybridized carbons (Fsp3) is 0.316. The third-order valence-corrected chi connectivity index (χ3v) is 7.32. The number of oxime groups is 1. The molecule has 0 aromatic heterocycles. The van der Waals surface area contributed by atoms with Crippen LogP contribution in [-0.2, 0) is 20.7 Å². The second-order valence-electron chi connectivity index (χ2n) is 7.67. The Morgan fingerprint density at radius 3 is 2.53 bits per heavy atom. The van der Waals surface area contributed by atoms with Gasteiger partial charge in [-0.1, -0.05) is 40.5 Å². The Hall–Kier alpha value is -1.01. The van der Waals surface area contributed by atoms with Crippen molar-refractivity contribution in [3.63, 3.8) is 0 Å². The fourth-order valence-corrected chi connectivity index (χ4v) is 4.84. The normalized spacial score (nSPS) is 22.7. The predicted molar refractivity (Wildman–Crippen MR) is 117 cm³/mol. The molecular formula is C19H14BCl2F3INO3. The summed E-state index contributed by atoms with van der Waals surface area (Å²) in [7, 11) is -1.08. The molecule has 158 valence electrons. The maximum absolute atomic E-state index is 14.2. The fourth-order valence-electron chi connectivity index (χ4n) is 3.73. The second kappa shape index (κ2) is 7.26. The highest BCUT2D eigenvalue weighted by atomic mass is 127. The van der Waals surface area contributed by atoms with Gasteiger partial charge < -0.3 is 14.5 Å². The highest BCUT2D eigenvalue weighted by molar-refractivity contribution is 14.1. The first-order valence-corrected chi connectivity index (χ1v) is 10.7. The lowest BCUT2D eigenvalue weighted by Gasteiger charge is -2.30. The summed E-state index contributed by atoms with van der Waals surface area (Å²) in [5, 5.41) is 14.0. The quantitative estimate of drug-likeness (QED) is 0.310. The molecular weight excluding hydrogens is 556 g/mol. The van der Waals surface area contributed by atoms with Crippen molar-refractivity contribution in [1.29, 1.82) is 0 Å². The lowest BCUT2D eigenvalue weighted by molar-refractivity contribution is -0.275. The number of hydrogen-bond acceptors (Lipinski definition) is 4. The van der Waals surface area contributed by atoms with Gasteiger partial charge in [0.15, 0.2) is 0 Å². The van der Waals surface area contributed by atoms with Gasteiger partial charge in [-0.15, -0.1) is 0 Å². The number of hydrogen-bond donors (Lipinski definition) is 1. The van der Waals surface area contributed by atoms with E-state index < -0.39 is 30.9 Å². The molecule has 1 N–H and O–H groups in total. The number of halogens is 6. The molecule has 0 radical (unpaired) electrons. The van der Waals surface area contributed by atoms with Crippen LogP contribution in [0.4, 0.5) is 13.2 Å². The number of alkyl halides is 3. The molecule has 30 heavy (non-hydrogen) atoms. The van der Waals surface area contributed by atoms with Crippen LogP contribution in [0.25, 0.3) is 0 Å². The van der Waals surface area contributed by atoms with E-state index in [1.54, 1.807) is 32.0 Å². The third-order valence-electron chi connectivity index (χ3n) is 5.34. The second-order valence-corrected chi connectivity index (χ2v) is 9.61. The van der Waals surface area contributed by atoms with Gasteiger partial charge in [0.2, 0.25) is 0 Å². The zero-order valence-electron chi connectivity index (χ0n) is 15.6. The van der Waals surface area contributed by atoms with Gasteiger partial charge in [-0.05, 0) is 71.2 Å². The highest BCUT2D eigenvalue weighted by Crippen LogP contribution is 2.50. The molecule has 4 rings (SSSR count). The molecule has 0 fully saturated rings. The molecule has 0 amide bonds. The van der Waals surface area contributed by atoms with Crippen LogP contribution in [0.1, 0.15) is 37.0 Å². The summed E-state index contributed by atoms with van der Waals surface area (Å²) >= 11 is 13.9. The van der Waals surface area contributed by atoms with Gasteiger partial charge in [-0.2, -0.15) is 13.2 Å². The van der Waals surface area contributed by atoms with Crippen LogP contribution in [0.15, 0.2) is 35.5 Å². The van der Waals surface area contributed by atoms with Crippen LogP contribution >= 0.6 is 45.8 Å². The Bertz CT molecular complexity index is 1060. The average molecular weight is 570 g/mol. The number of rotatable bonds is 2. The summed E-state index contributed by atoms with van der Waals surface area (Å²) in [5.74, 6) is 0. The molecule has 11 heteroatoms. The van der Waals surface area contributed by atoms with Crippen molar-refractivity contribution in [2.24, 2.45) is 5.16 Å². The monoisotopic (exact) mass is 569 g/mol. The predicted octanol–water partition coefficient (Wildman–Crippen LogP) is 5.13. The summed E-state index contributed by atoms with van der Waals surface area (Å²) in [5.41, 5.74) is -1.79. The van der Waals surface area contributed by atoms with E-state index in [2.05, 4.69) is 5.16 Å². The molecule has 2 aliphatic rings. The van der Waals surface area contributed by atoms with E-state index in [1.807, 2.05) is 22.6 Å². The zero-order valence-corrected chi connectivity index (χ0v) is 19.3. The van der Waals surface area contributed by atoms with E-state index in [0.29, 0.717) is 20.2 Å². The summed E-state index contributed by atoms with van der Waals surface area (Å²) in [6.07, 6.45) is -5.29. The Kier molecular flexibility index (Phi) is 5.37. The first kappa shape index (κ1) is 22.2. The molecule has 0 spiro atoms. The minimum atomic E-state index is -4.76. The van der Waals surface area contributed by atoms with Crippen molar-refractivity contribution in [3.05, 3.63) is 60.6 Å². The van der Waals surface area contributed by atoms with Gasteiger partial charge in [0.25, 0.3) is 5.60 Å². The SMILES string of the molecule is CC1(C)OB(O)c2ccc(C3=NO[C@@](c4cc(Cl)c(Cl)c(I)c4)(C(F)(F)F)C3)cc21. The van der Waals surface area contributed by atoms with Crippen LogP contribution in [0.3, 0.4) is 0 Å². The molecule has 2 aromatic carbocycles. The van der Waals surface area contributed by atoms with Gasteiger partial charge in [0.05, 0.1) is 21.4 Å². The number of nitrogens with zero attached hydrogens (tertiary/aromatic N) is 1. The third kappa shape index (κ3) is 3.42. The standard InChI is InChI=1S/C19H14BCl2F3INO3/c1-17(2)11-5-9(3-4-12(11)20(28)29-17)15-8-18(30-27-15,19(23,24)25)10-6-13(21)16(22)14(26)7-10/h3-7,28H,8H2,1-2H3/t18-/m0/s1. The smallest absolute Gasteiger partial charge is 0.423 e. The maximum Gasteiger partial charge on any atom is 0.492 e. The minimum absolute atomic E-state index is 0.00431. The van der Waals surface area contributed by atoms with Crippen molar-refractivity contribution in [3.8, 4) is 0 Å². The summed E-state index contributed by atoms with van der Waals surface area (Å²) < 4.78 is 48.5. The summed E-state index contributed by atoms with van der Waals surface area (Å²) in [6.45, 7) is 3.55. The van der Waals surface area contributed by atoms with E-state index in [0.717, 1.165) is 6.07 Å². The Morgan fingerprint density at radius 2 is 1.90 bits per heavy atom. The van der Waals surface area contributed by atoms with Crippen molar-refractivity contribution >= 4 is 64.1 Å². The maximum atomic E-state index is 14.2. The van der Waals surface area contributed by atoms with Crippen molar-refractivity contribution in [2.75, 3.05) is 0 Å². The first-order valence-electron chi connectivity index (χ1n) is 8.83. The molecule has 4 nitrogen and oxygen atoms in total. The minimum Gasteiger partial charge on any atom is -0.423 e. The van der Waals surface area contributed by atoms with Crippen LogP contribution in [0.2, 0.25) is 10.0 Å². The van der Waals surface area contributed by atoms with Crippen molar-refractivity contribution in [2.45, 2.75) is 37.6 Å². The lowest BCUT2D eigenvalue weighted by atomic mass is 9.77.